The van der Waals surface area contributed by atoms with Gasteiger partial charge in [-0.1, -0.05) is 18.2 Å². The predicted molar refractivity (Wildman–Crippen MR) is 116 cm³/mol. The summed E-state index contributed by atoms with van der Waals surface area (Å²) in [7, 11) is 0. The average Bonchev–Trinajstić information content (AvgIpc) is 3.16. The van der Waals surface area contributed by atoms with Gasteiger partial charge >= 0.3 is 0 Å². The van der Waals surface area contributed by atoms with Crippen LogP contribution in [0.5, 0.6) is 0 Å². The first-order valence-corrected chi connectivity index (χ1v) is 10.3. The van der Waals surface area contributed by atoms with Gasteiger partial charge in [0.2, 0.25) is 5.91 Å². The normalized spacial score (nSPS) is 15.6. The summed E-state index contributed by atoms with van der Waals surface area (Å²) in [6, 6.07) is 16.8. The van der Waals surface area contributed by atoms with Crippen LogP contribution in [0.2, 0.25) is 0 Å². The Morgan fingerprint density at radius 1 is 1.13 bits per heavy atom. The molecule has 1 amide bonds. The Kier molecular flexibility index (Phi) is 4.86. The maximum absolute atomic E-state index is 13.2. The SMILES string of the molecule is O=C(Cn1nc(-c2ccc(F)cc2)ccc1=O)NC1CCCc2c1[nH]c1ccccc21. The molecule has 5 rings (SSSR count). The van der Waals surface area contributed by atoms with Crippen molar-refractivity contribution in [2.45, 2.75) is 31.8 Å². The summed E-state index contributed by atoms with van der Waals surface area (Å²) in [5.41, 5.74) is 4.17. The molecular formula is C24H21FN4O2. The second-order valence-electron chi connectivity index (χ2n) is 7.80. The van der Waals surface area contributed by atoms with E-state index in [1.54, 1.807) is 18.2 Å². The fourth-order valence-electron chi connectivity index (χ4n) is 4.27. The maximum Gasteiger partial charge on any atom is 0.267 e. The van der Waals surface area contributed by atoms with Crippen molar-refractivity contribution < 1.29 is 9.18 Å². The zero-order valence-electron chi connectivity index (χ0n) is 16.8. The number of aryl methyl sites for hydroxylation is 1. The number of para-hydroxylation sites is 1. The summed E-state index contributed by atoms with van der Waals surface area (Å²) >= 11 is 0. The summed E-state index contributed by atoms with van der Waals surface area (Å²) in [6.45, 7) is -0.181. The summed E-state index contributed by atoms with van der Waals surface area (Å²) in [6.07, 6.45) is 2.80. The Labute approximate surface area is 177 Å². The second kappa shape index (κ2) is 7.83. The molecule has 2 heterocycles. The van der Waals surface area contributed by atoms with E-state index in [9.17, 15) is 14.0 Å². The highest BCUT2D eigenvalue weighted by Gasteiger charge is 2.25. The number of carbonyl (C=O) groups is 1. The fourth-order valence-corrected chi connectivity index (χ4v) is 4.27. The Morgan fingerprint density at radius 2 is 1.94 bits per heavy atom. The van der Waals surface area contributed by atoms with E-state index in [2.05, 4.69) is 21.5 Å². The molecule has 2 aromatic heterocycles. The standard InChI is InChI=1S/C24H21FN4O2/c25-16-10-8-15(9-11-16)19-12-13-23(31)29(28-19)14-22(30)26-21-7-3-5-18-17-4-1-2-6-20(17)27-24(18)21/h1-2,4,6,8-13,21,27H,3,5,7,14H2,(H,26,30). The van der Waals surface area contributed by atoms with Gasteiger partial charge in [0.25, 0.3) is 5.56 Å². The Hall–Kier alpha value is -3.74. The molecule has 1 unspecified atom stereocenters. The van der Waals surface area contributed by atoms with Crippen molar-refractivity contribution in [3.63, 3.8) is 0 Å². The summed E-state index contributed by atoms with van der Waals surface area (Å²) in [5, 5.41) is 8.55. The van der Waals surface area contributed by atoms with Crippen LogP contribution in [0.3, 0.4) is 0 Å². The molecule has 6 nitrogen and oxygen atoms in total. The van der Waals surface area contributed by atoms with Crippen LogP contribution in [0.15, 0.2) is 65.5 Å². The molecule has 2 aromatic carbocycles. The minimum atomic E-state index is -0.365. The molecule has 0 saturated heterocycles. The Morgan fingerprint density at radius 3 is 2.77 bits per heavy atom. The molecule has 7 heteroatoms. The van der Waals surface area contributed by atoms with Crippen molar-refractivity contribution in [1.29, 1.82) is 0 Å². The number of nitrogens with zero attached hydrogens (tertiary/aromatic N) is 2. The lowest BCUT2D eigenvalue weighted by atomic mass is 9.91. The number of H-pyrrole nitrogens is 1. The molecule has 0 spiro atoms. The molecule has 0 fully saturated rings. The minimum Gasteiger partial charge on any atom is -0.356 e. The van der Waals surface area contributed by atoms with E-state index in [1.165, 1.54) is 29.1 Å². The number of aromatic amines is 1. The van der Waals surface area contributed by atoms with E-state index in [0.717, 1.165) is 35.2 Å². The van der Waals surface area contributed by atoms with E-state index < -0.39 is 0 Å². The number of amides is 1. The van der Waals surface area contributed by atoms with Crippen LogP contribution >= 0.6 is 0 Å². The van der Waals surface area contributed by atoms with Gasteiger partial charge in [-0.3, -0.25) is 9.59 Å². The number of benzene rings is 2. The topological polar surface area (TPSA) is 79.8 Å². The van der Waals surface area contributed by atoms with Gasteiger partial charge in [-0.15, -0.1) is 0 Å². The van der Waals surface area contributed by atoms with Crippen LogP contribution in [0.25, 0.3) is 22.2 Å². The molecule has 0 radical (unpaired) electrons. The van der Waals surface area contributed by atoms with Crippen LogP contribution in [-0.2, 0) is 17.8 Å². The van der Waals surface area contributed by atoms with E-state index in [4.69, 9.17) is 0 Å². The fraction of sp³-hybridized carbons (Fsp3) is 0.208. The smallest absolute Gasteiger partial charge is 0.267 e. The van der Waals surface area contributed by atoms with Gasteiger partial charge in [-0.05, 0) is 61.2 Å². The molecular weight excluding hydrogens is 395 g/mol. The summed E-state index contributed by atoms with van der Waals surface area (Å²) in [4.78, 5) is 28.5. The third-order valence-corrected chi connectivity index (χ3v) is 5.75. The number of rotatable bonds is 4. The van der Waals surface area contributed by atoms with Crippen molar-refractivity contribution >= 4 is 16.8 Å². The van der Waals surface area contributed by atoms with E-state index >= 15 is 0 Å². The number of fused-ring (bicyclic) bond motifs is 3. The lowest BCUT2D eigenvalue weighted by Gasteiger charge is -2.24. The van der Waals surface area contributed by atoms with Crippen molar-refractivity contribution in [2.75, 3.05) is 0 Å². The second-order valence-corrected chi connectivity index (χ2v) is 7.80. The third kappa shape index (κ3) is 3.74. The van der Waals surface area contributed by atoms with Crippen molar-refractivity contribution in [1.82, 2.24) is 20.1 Å². The molecule has 0 aliphatic heterocycles. The van der Waals surface area contributed by atoms with Crippen LogP contribution < -0.4 is 10.9 Å². The molecule has 1 atom stereocenters. The molecule has 156 valence electrons. The van der Waals surface area contributed by atoms with Gasteiger partial charge in [0.1, 0.15) is 12.4 Å². The molecule has 4 aromatic rings. The van der Waals surface area contributed by atoms with Gasteiger partial charge in [0.15, 0.2) is 0 Å². The number of aromatic nitrogens is 3. The van der Waals surface area contributed by atoms with Crippen molar-refractivity contribution in [3.8, 4) is 11.3 Å². The van der Waals surface area contributed by atoms with Gasteiger partial charge in [-0.25, -0.2) is 9.07 Å². The molecule has 1 aliphatic carbocycles. The number of halogens is 1. The summed E-state index contributed by atoms with van der Waals surface area (Å²) in [5.74, 6) is -0.623. The van der Waals surface area contributed by atoms with Crippen LogP contribution in [0.4, 0.5) is 4.39 Å². The highest BCUT2D eigenvalue weighted by Crippen LogP contribution is 2.34. The molecule has 0 saturated carbocycles. The number of nitrogens with one attached hydrogen (secondary N) is 2. The lowest BCUT2D eigenvalue weighted by molar-refractivity contribution is -0.122. The Bertz CT molecular complexity index is 1320. The number of hydrogen-bond donors (Lipinski definition) is 2. The van der Waals surface area contributed by atoms with Crippen LogP contribution in [0, 0.1) is 5.82 Å². The number of hydrogen-bond acceptors (Lipinski definition) is 3. The van der Waals surface area contributed by atoms with E-state index in [-0.39, 0.29) is 29.9 Å². The predicted octanol–water partition coefficient (Wildman–Crippen LogP) is 3.72. The molecule has 2 N–H and O–H groups in total. The zero-order valence-corrected chi connectivity index (χ0v) is 16.8. The largest absolute Gasteiger partial charge is 0.356 e. The minimum absolute atomic E-state index is 0.125. The van der Waals surface area contributed by atoms with Crippen molar-refractivity contribution in [2.24, 2.45) is 0 Å². The highest BCUT2D eigenvalue weighted by atomic mass is 19.1. The first-order chi connectivity index (χ1) is 15.1. The van der Waals surface area contributed by atoms with Crippen LogP contribution in [-0.4, -0.2) is 20.7 Å². The van der Waals surface area contributed by atoms with Gasteiger partial charge in [0, 0.05) is 28.2 Å². The maximum atomic E-state index is 13.2. The Balaban J connectivity index is 1.36. The zero-order chi connectivity index (χ0) is 21.4. The molecule has 0 bridgehead atoms. The summed E-state index contributed by atoms with van der Waals surface area (Å²) < 4.78 is 14.3. The first-order valence-electron chi connectivity index (χ1n) is 10.3. The van der Waals surface area contributed by atoms with Gasteiger partial charge in [-0.2, -0.15) is 5.10 Å². The van der Waals surface area contributed by atoms with Crippen LogP contribution in [0.1, 0.15) is 30.1 Å². The highest BCUT2D eigenvalue weighted by molar-refractivity contribution is 5.85. The first kappa shape index (κ1) is 19.2. The van der Waals surface area contributed by atoms with Crippen molar-refractivity contribution in [3.05, 3.63) is 88.1 Å². The monoisotopic (exact) mass is 416 g/mol. The van der Waals surface area contributed by atoms with E-state index in [1.807, 2.05) is 18.2 Å². The quantitative estimate of drug-likeness (QED) is 0.532. The van der Waals surface area contributed by atoms with Gasteiger partial charge < -0.3 is 10.3 Å². The number of carbonyl (C=O) groups excluding carboxylic acids is 1. The lowest BCUT2D eigenvalue weighted by Crippen LogP contribution is -2.36. The third-order valence-electron chi connectivity index (χ3n) is 5.75. The molecule has 1 aliphatic rings. The van der Waals surface area contributed by atoms with Gasteiger partial charge in [0.05, 0.1) is 11.7 Å². The average molecular weight is 416 g/mol. The van der Waals surface area contributed by atoms with E-state index in [0.29, 0.717) is 11.3 Å². The molecule has 31 heavy (non-hydrogen) atoms.